The highest BCUT2D eigenvalue weighted by molar-refractivity contribution is 5.00. The van der Waals surface area contributed by atoms with Gasteiger partial charge in [-0.3, -0.25) is 4.90 Å². The van der Waals surface area contributed by atoms with Gasteiger partial charge in [-0.1, -0.05) is 0 Å². The summed E-state index contributed by atoms with van der Waals surface area (Å²) in [6, 6.07) is 0. The maximum Gasteiger partial charge on any atom is 0.0593 e. The van der Waals surface area contributed by atoms with Gasteiger partial charge in [-0.15, -0.1) is 0 Å². The molecule has 3 heteroatoms. The van der Waals surface area contributed by atoms with Crippen molar-refractivity contribution in [3.8, 4) is 0 Å². The number of nitrogens with zero attached hydrogens (tertiary/aromatic N) is 1. The molecular weight excluding hydrogens is 176 g/mol. The molecule has 1 saturated carbocycles. The van der Waals surface area contributed by atoms with Gasteiger partial charge in [0.05, 0.1) is 6.61 Å². The zero-order valence-electron chi connectivity index (χ0n) is 9.17. The SMILES string of the molecule is CC(CN)(C1CC1)N1CCCOCC1. The molecule has 0 aromatic carbocycles. The lowest BCUT2D eigenvalue weighted by molar-refractivity contribution is 0.0787. The van der Waals surface area contributed by atoms with Gasteiger partial charge in [0.15, 0.2) is 0 Å². The van der Waals surface area contributed by atoms with Crippen LogP contribution in [0.25, 0.3) is 0 Å². The van der Waals surface area contributed by atoms with E-state index < -0.39 is 0 Å². The van der Waals surface area contributed by atoms with Crippen molar-refractivity contribution in [2.45, 2.75) is 31.7 Å². The molecule has 14 heavy (non-hydrogen) atoms. The highest BCUT2D eigenvalue weighted by Crippen LogP contribution is 2.42. The van der Waals surface area contributed by atoms with Crippen LogP contribution in [0.3, 0.4) is 0 Å². The van der Waals surface area contributed by atoms with E-state index in [1.165, 1.54) is 12.8 Å². The molecule has 0 radical (unpaired) electrons. The third kappa shape index (κ3) is 1.95. The maximum absolute atomic E-state index is 5.95. The predicted octanol–water partition coefficient (Wildman–Crippen LogP) is 0.836. The molecule has 3 nitrogen and oxygen atoms in total. The van der Waals surface area contributed by atoms with Gasteiger partial charge >= 0.3 is 0 Å². The van der Waals surface area contributed by atoms with E-state index in [0.29, 0.717) is 0 Å². The number of rotatable bonds is 3. The zero-order chi connectivity index (χ0) is 10.0. The monoisotopic (exact) mass is 198 g/mol. The Kier molecular flexibility index (Phi) is 3.10. The van der Waals surface area contributed by atoms with E-state index in [4.69, 9.17) is 10.5 Å². The summed E-state index contributed by atoms with van der Waals surface area (Å²) in [7, 11) is 0. The predicted molar refractivity (Wildman–Crippen MR) is 57.2 cm³/mol. The van der Waals surface area contributed by atoms with Gasteiger partial charge in [0.1, 0.15) is 0 Å². The Balaban J connectivity index is 2.01. The fraction of sp³-hybridized carbons (Fsp3) is 1.00. The smallest absolute Gasteiger partial charge is 0.0593 e. The largest absolute Gasteiger partial charge is 0.380 e. The normalized spacial score (nSPS) is 29.6. The molecule has 1 atom stereocenters. The molecule has 2 fully saturated rings. The van der Waals surface area contributed by atoms with Crippen molar-refractivity contribution in [3.05, 3.63) is 0 Å². The second kappa shape index (κ2) is 4.17. The van der Waals surface area contributed by atoms with Crippen LogP contribution >= 0.6 is 0 Å². The molecule has 2 rings (SSSR count). The van der Waals surface area contributed by atoms with E-state index >= 15 is 0 Å². The molecule has 0 aromatic heterocycles. The average molecular weight is 198 g/mol. The van der Waals surface area contributed by atoms with Gasteiger partial charge in [-0.05, 0) is 32.1 Å². The van der Waals surface area contributed by atoms with Crippen LogP contribution in [0.5, 0.6) is 0 Å². The summed E-state index contributed by atoms with van der Waals surface area (Å²) >= 11 is 0. The van der Waals surface area contributed by atoms with E-state index in [1.54, 1.807) is 0 Å². The molecule has 1 saturated heterocycles. The summed E-state index contributed by atoms with van der Waals surface area (Å²) in [6.07, 6.45) is 3.89. The zero-order valence-corrected chi connectivity index (χ0v) is 9.17. The minimum absolute atomic E-state index is 0.244. The van der Waals surface area contributed by atoms with E-state index in [1.807, 2.05) is 0 Å². The summed E-state index contributed by atoms with van der Waals surface area (Å²) in [5.74, 6) is 0.839. The topological polar surface area (TPSA) is 38.5 Å². The van der Waals surface area contributed by atoms with Crippen LogP contribution in [0.15, 0.2) is 0 Å². The van der Waals surface area contributed by atoms with Gasteiger partial charge in [-0.25, -0.2) is 0 Å². The van der Waals surface area contributed by atoms with Gasteiger partial charge in [0.25, 0.3) is 0 Å². The van der Waals surface area contributed by atoms with Crippen molar-refractivity contribution in [2.75, 3.05) is 32.8 Å². The Hall–Kier alpha value is -0.120. The molecule has 1 aliphatic heterocycles. The molecule has 0 spiro atoms. The average Bonchev–Trinajstić information content (AvgIpc) is 3.03. The Labute approximate surface area is 86.6 Å². The quantitative estimate of drug-likeness (QED) is 0.730. The number of hydrogen-bond acceptors (Lipinski definition) is 3. The van der Waals surface area contributed by atoms with Crippen LogP contribution in [-0.2, 0) is 4.74 Å². The first-order chi connectivity index (χ1) is 6.77. The first-order valence-electron chi connectivity index (χ1n) is 5.80. The summed E-state index contributed by atoms with van der Waals surface area (Å²) in [4.78, 5) is 2.55. The second-order valence-corrected chi connectivity index (χ2v) is 4.79. The lowest BCUT2D eigenvalue weighted by Crippen LogP contribution is -2.54. The Morgan fingerprint density at radius 2 is 2.14 bits per heavy atom. The summed E-state index contributed by atoms with van der Waals surface area (Å²) in [5.41, 5.74) is 6.19. The van der Waals surface area contributed by atoms with Crippen LogP contribution in [0.4, 0.5) is 0 Å². The minimum atomic E-state index is 0.244. The number of nitrogens with two attached hydrogens (primary N) is 1. The standard InChI is InChI=1S/C11H22N2O/c1-11(9-12,10-3-4-10)13-5-2-7-14-8-6-13/h10H,2-9,12H2,1H3. The molecule has 2 N–H and O–H groups in total. The lowest BCUT2D eigenvalue weighted by atomic mass is 9.93. The van der Waals surface area contributed by atoms with Crippen molar-refractivity contribution in [3.63, 3.8) is 0 Å². The number of ether oxygens (including phenoxy) is 1. The van der Waals surface area contributed by atoms with E-state index in [-0.39, 0.29) is 5.54 Å². The molecule has 2 aliphatic rings. The van der Waals surface area contributed by atoms with Crippen LogP contribution in [0, 0.1) is 5.92 Å². The second-order valence-electron chi connectivity index (χ2n) is 4.79. The lowest BCUT2D eigenvalue weighted by Gasteiger charge is -2.40. The van der Waals surface area contributed by atoms with Crippen molar-refractivity contribution in [1.29, 1.82) is 0 Å². The molecule has 1 aliphatic carbocycles. The van der Waals surface area contributed by atoms with Crippen LogP contribution in [0.2, 0.25) is 0 Å². The molecule has 1 heterocycles. The van der Waals surface area contributed by atoms with Crippen molar-refractivity contribution < 1.29 is 4.74 Å². The van der Waals surface area contributed by atoms with E-state index in [2.05, 4.69) is 11.8 Å². The third-order valence-corrected chi connectivity index (χ3v) is 3.81. The van der Waals surface area contributed by atoms with E-state index in [9.17, 15) is 0 Å². The Bertz CT molecular complexity index is 186. The first kappa shape index (κ1) is 10.4. The number of hydrogen-bond donors (Lipinski definition) is 1. The molecule has 0 amide bonds. The fourth-order valence-electron chi connectivity index (χ4n) is 2.52. The van der Waals surface area contributed by atoms with E-state index in [0.717, 1.165) is 45.2 Å². The van der Waals surface area contributed by atoms with Gasteiger partial charge < -0.3 is 10.5 Å². The van der Waals surface area contributed by atoms with Crippen molar-refractivity contribution >= 4 is 0 Å². The first-order valence-corrected chi connectivity index (χ1v) is 5.80. The summed E-state index contributed by atoms with van der Waals surface area (Å²) < 4.78 is 5.48. The molecule has 0 aromatic rings. The van der Waals surface area contributed by atoms with Crippen molar-refractivity contribution in [1.82, 2.24) is 4.90 Å². The highest BCUT2D eigenvalue weighted by atomic mass is 16.5. The van der Waals surface area contributed by atoms with Crippen LogP contribution in [-0.4, -0.2) is 43.3 Å². The molecule has 82 valence electrons. The Morgan fingerprint density at radius 3 is 2.79 bits per heavy atom. The Morgan fingerprint density at radius 1 is 1.36 bits per heavy atom. The van der Waals surface area contributed by atoms with Crippen molar-refractivity contribution in [2.24, 2.45) is 11.7 Å². The van der Waals surface area contributed by atoms with Gasteiger partial charge in [-0.2, -0.15) is 0 Å². The third-order valence-electron chi connectivity index (χ3n) is 3.81. The fourth-order valence-corrected chi connectivity index (χ4v) is 2.52. The molecule has 0 bridgehead atoms. The molecular formula is C11H22N2O. The van der Waals surface area contributed by atoms with Crippen LogP contribution in [0.1, 0.15) is 26.2 Å². The van der Waals surface area contributed by atoms with Gasteiger partial charge in [0.2, 0.25) is 0 Å². The summed E-state index contributed by atoms with van der Waals surface area (Å²) in [6.45, 7) is 7.13. The van der Waals surface area contributed by atoms with Crippen LogP contribution < -0.4 is 5.73 Å². The minimum Gasteiger partial charge on any atom is -0.380 e. The molecule has 1 unspecified atom stereocenters. The maximum atomic E-state index is 5.95. The highest BCUT2D eigenvalue weighted by Gasteiger charge is 2.44. The summed E-state index contributed by atoms with van der Waals surface area (Å²) in [5, 5.41) is 0. The van der Waals surface area contributed by atoms with Gasteiger partial charge in [0, 0.05) is 31.8 Å².